The zero-order valence-corrected chi connectivity index (χ0v) is 26.2. The Bertz CT molecular complexity index is 1430. The van der Waals surface area contributed by atoms with Crippen LogP contribution in [0, 0.1) is 5.82 Å². The second-order valence-electron chi connectivity index (χ2n) is 11.0. The first-order chi connectivity index (χ1) is 19.2. The van der Waals surface area contributed by atoms with Gasteiger partial charge in [0.05, 0.1) is 11.9 Å². The molecule has 7 nitrogen and oxygen atoms in total. The van der Waals surface area contributed by atoms with Crippen LogP contribution in [0.15, 0.2) is 83.3 Å². The fraction of sp³-hybridized carbons (Fsp3) is 0.355. The molecular weight excluding hydrogens is 609 g/mol. The number of anilines is 1. The van der Waals surface area contributed by atoms with Gasteiger partial charge in [0, 0.05) is 35.9 Å². The molecule has 0 aliphatic rings. The standard InChI is InChI=1S/C31H37BrFN3O4S/c1-31(2,3)34-30(38)28(21-23-11-6-5-7-12-23)35(22-24-16-18-25(32)19-17-24)29(37)15-10-20-36(41(4,39)40)27-14-9-8-13-26(27)33/h5-9,11-14,16-19,28H,10,15,20-22H2,1-4H3,(H,34,38). The predicted octanol–water partition coefficient (Wildman–Crippen LogP) is 5.69. The van der Waals surface area contributed by atoms with Crippen molar-refractivity contribution >= 4 is 43.5 Å². The molecule has 0 saturated heterocycles. The molecule has 41 heavy (non-hydrogen) atoms. The molecule has 0 saturated carbocycles. The van der Waals surface area contributed by atoms with Crippen LogP contribution in [0.3, 0.4) is 0 Å². The van der Waals surface area contributed by atoms with Crippen LogP contribution in [-0.2, 0) is 32.6 Å². The molecule has 0 fully saturated rings. The molecule has 1 N–H and O–H groups in total. The van der Waals surface area contributed by atoms with Crippen LogP contribution in [0.2, 0.25) is 0 Å². The van der Waals surface area contributed by atoms with E-state index in [1.165, 1.54) is 18.2 Å². The number of halogens is 2. The molecule has 0 bridgehead atoms. The van der Waals surface area contributed by atoms with Crippen LogP contribution in [0.4, 0.5) is 10.1 Å². The van der Waals surface area contributed by atoms with Gasteiger partial charge in [0.25, 0.3) is 0 Å². The Kier molecular flexibility index (Phi) is 11.1. The fourth-order valence-electron chi connectivity index (χ4n) is 4.43. The van der Waals surface area contributed by atoms with Crippen molar-refractivity contribution in [1.29, 1.82) is 0 Å². The number of rotatable bonds is 12. The van der Waals surface area contributed by atoms with Gasteiger partial charge in [-0.1, -0.05) is 70.5 Å². The van der Waals surface area contributed by atoms with E-state index < -0.39 is 27.4 Å². The van der Waals surface area contributed by atoms with E-state index in [4.69, 9.17) is 0 Å². The molecule has 1 atom stereocenters. The lowest BCUT2D eigenvalue weighted by Gasteiger charge is -2.34. The zero-order valence-electron chi connectivity index (χ0n) is 23.8. The largest absolute Gasteiger partial charge is 0.350 e. The molecule has 3 rings (SSSR count). The number of sulfonamides is 1. The summed E-state index contributed by atoms with van der Waals surface area (Å²) in [6.07, 6.45) is 1.41. The van der Waals surface area contributed by atoms with Crippen LogP contribution < -0.4 is 9.62 Å². The number of para-hydroxylation sites is 1. The molecule has 0 spiro atoms. The first-order valence-electron chi connectivity index (χ1n) is 13.4. The molecule has 1 unspecified atom stereocenters. The minimum absolute atomic E-state index is 0.0366. The smallest absolute Gasteiger partial charge is 0.243 e. The summed E-state index contributed by atoms with van der Waals surface area (Å²) in [7, 11) is -3.80. The second-order valence-corrected chi connectivity index (χ2v) is 13.8. The number of hydrogen-bond acceptors (Lipinski definition) is 4. The number of amides is 2. The molecule has 0 radical (unpaired) electrons. The lowest BCUT2D eigenvalue weighted by molar-refractivity contribution is -0.142. The van der Waals surface area contributed by atoms with Crippen molar-refractivity contribution in [2.24, 2.45) is 0 Å². The molecule has 3 aromatic rings. The van der Waals surface area contributed by atoms with E-state index in [0.29, 0.717) is 6.42 Å². The van der Waals surface area contributed by atoms with Crippen LogP contribution in [-0.4, -0.2) is 49.5 Å². The highest BCUT2D eigenvalue weighted by molar-refractivity contribution is 9.10. The second kappa shape index (κ2) is 14.1. The van der Waals surface area contributed by atoms with Crippen molar-refractivity contribution in [3.05, 3.63) is 100 Å². The van der Waals surface area contributed by atoms with Gasteiger partial charge in [0.2, 0.25) is 21.8 Å². The van der Waals surface area contributed by atoms with Crippen molar-refractivity contribution in [2.75, 3.05) is 17.1 Å². The highest BCUT2D eigenvalue weighted by Gasteiger charge is 2.32. The SMILES string of the molecule is CC(C)(C)NC(=O)C(Cc1ccccc1)N(Cc1ccc(Br)cc1)C(=O)CCCN(c1ccccc1F)S(C)(=O)=O. The van der Waals surface area contributed by atoms with E-state index in [9.17, 15) is 22.4 Å². The van der Waals surface area contributed by atoms with Crippen molar-refractivity contribution in [2.45, 2.75) is 58.2 Å². The summed E-state index contributed by atoms with van der Waals surface area (Å²) >= 11 is 3.43. The van der Waals surface area contributed by atoms with E-state index in [1.54, 1.807) is 11.0 Å². The lowest BCUT2D eigenvalue weighted by Crippen LogP contribution is -2.54. The van der Waals surface area contributed by atoms with Crippen LogP contribution in [0.5, 0.6) is 0 Å². The van der Waals surface area contributed by atoms with Gasteiger partial charge in [0.15, 0.2) is 0 Å². The van der Waals surface area contributed by atoms with Gasteiger partial charge in [-0.15, -0.1) is 0 Å². The number of nitrogens with one attached hydrogen (secondary N) is 1. The Morgan fingerprint density at radius 3 is 2.12 bits per heavy atom. The van der Waals surface area contributed by atoms with E-state index >= 15 is 0 Å². The Morgan fingerprint density at radius 2 is 1.54 bits per heavy atom. The van der Waals surface area contributed by atoms with Gasteiger partial charge >= 0.3 is 0 Å². The molecule has 220 valence electrons. The topological polar surface area (TPSA) is 86.8 Å². The van der Waals surface area contributed by atoms with E-state index in [1.807, 2.05) is 75.4 Å². The first kappa shape index (κ1) is 32.3. The Hall–Kier alpha value is -3.24. The maximum Gasteiger partial charge on any atom is 0.243 e. The molecule has 3 aromatic carbocycles. The Morgan fingerprint density at radius 1 is 0.927 bits per heavy atom. The normalized spacial score (nSPS) is 12.4. The highest BCUT2D eigenvalue weighted by Crippen LogP contribution is 2.23. The Balaban J connectivity index is 1.90. The molecular formula is C31H37BrFN3O4S. The van der Waals surface area contributed by atoms with Crippen LogP contribution >= 0.6 is 15.9 Å². The summed E-state index contributed by atoms with van der Waals surface area (Å²) in [5, 5.41) is 3.02. The van der Waals surface area contributed by atoms with Crippen molar-refractivity contribution in [3.8, 4) is 0 Å². The first-order valence-corrected chi connectivity index (χ1v) is 16.0. The number of hydrogen-bond donors (Lipinski definition) is 1. The summed E-state index contributed by atoms with van der Waals surface area (Å²) in [4.78, 5) is 29.1. The van der Waals surface area contributed by atoms with Gasteiger partial charge in [-0.2, -0.15) is 0 Å². The molecule has 0 heterocycles. The number of nitrogens with zero attached hydrogens (tertiary/aromatic N) is 2. The summed E-state index contributed by atoms with van der Waals surface area (Å²) < 4.78 is 41.3. The third-order valence-electron chi connectivity index (χ3n) is 6.31. The van der Waals surface area contributed by atoms with E-state index in [0.717, 1.165) is 26.2 Å². The fourth-order valence-corrected chi connectivity index (χ4v) is 5.66. The van der Waals surface area contributed by atoms with Crippen molar-refractivity contribution < 1.29 is 22.4 Å². The monoisotopic (exact) mass is 645 g/mol. The number of benzene rings is 3. The number of carbonyl (C=O) groups is 2. The van der Waals surface area contributed by atoms with E-state index in [2.05, 4.69) is 21.2 Å². The summed E-state index contributed by atoms with van der Waals surface area (Å²) in [5.41, 5.74) is 1.15. The van der Waals surface area contributed by atoms with Gasteiger partial charge in [-0.05, 0) is 62.6 Å². The summed E-state index contributed by atoms with van der Waals surface area (Å²) in [6, 6.07) is 21.8. The zero-order chi connectivity index (χ0) is 30.2. The Labute approximate surface area is 250 Å². The maximum atomic E-state index is 14.5. The lowest BCUT2D eigenvalue weighted by atomic mass is 10.00. The highest BCUT2D eigenvalue weighted by atomic mass is 79.9. The average molecular weight is 647 g/mol. The molecule has 0 aliphatic heterocycles. The summed E-state index contributed by atoms with van der Waals surface area (Å²) in [6.45, 7) is 5.75. The van der Waals surface area contributed by atoms with Gasteiger partial charge < -0.3 is 10.2 Å². The van der Waals surface area contributed by atoms with Gasteiger partial charge in [-0.25, -0.2) is 12.8 Å². The third kappa shape index (κ3) is 9.97. The molecule has 0 aliphatic carbocycles. The maximum absolute atomic E-state index is 14.5. The minimum Gasteiger partial charge on any atom is -0.350 e. The number of carbonyl (C=O) groups excluding carboxylic acids is 2. The molecule has 2 amide bonds. The van der Waals surface area contributed by atoms with Gasteiger partial charge in [-0.3, -0.25) is 13.9 Å². The quantitative estimate of drug-likeness (QED) is 0.274. The third-order valence-corrected chi connectivity index (χ3v) is 8.02. The molecule has 0 aromatic heterocycles. The minimum atomic E-state index is -3.80. The molecule has 10 heteroatoms. The van der Waals surface area contributed by atoms with Crippen LogP contribution in [0.25, 0.3) is 0 Å². The van der Waals surface area contributed by atoms with Crippen LogP contribution in [0.1, 0.15) is 44.7 Å². The predicted molar refractivity (Wildman–Crippen MR) is 164 cm³/mol. The van der Waals surface area contributed by atoms with Gasteiger partial charge in [0.1, 0.15) is 11.9 Å². The van der Waals surface area contributed by atoms with Crippen molar-refractivity contribution in [1.82, 2.24) is 10.2 Å². The van der Waals surface area contributed by atoms with Crippen molar-refractivity contribution in [3.63, 3.8) is 0 Å². The van der Waals surface area contributed by atoms with E-state index in [-0.39, 0.29) is 43.4 Å². The average Bonchev–Trinajstić information content (AvgIpc) is 2.89. The summed E-state index contributed by atoms with van der Waals surface area (Å²) in [5.74, 6) is -1.25.